The monoisotopic (exact) mass is 227 g/mol. The second kappa shape index (κ2) is 6.09. The maximum Gasteiger partial charge on any atom is 0.156 e. The molecule has 0 spiro atoms. The summed E-state index contributed by atoms with van der Waals surface area (Å²) in [5.74, 6) is 1.88. The minimum Gasteiger partial charge on any atom is -0.409 e. The maximum absolute atomic E-state index is 8.68. The highest BCUT2D eigenvalue weighted by Gasteiger charge is 2.26. The second-order valence-corrected chi connectivity index (χ2v) is 5.12. The Morgan fingerprint density at radius 3 is 2.62 bits per heavy atom. The lowest BCUT2D eigenvalue weighted by molar-refractivity contribution is 0.220. The lowest BCUT2D eigenvalue weighted by Gasteiger charge is -2.34. The van der Waals surface area contributed by atoms with E-state index in [-0.39, 0.29) is 6.04 Å². The molecule has 0 amide bonds. The van der Waals surface area contributed by atoms with E-state index in [1.807, 2.05) is 6.92 Å². The molecule has 0 bridgehead atoms. The molecule has 1 rings (SSSR count). The first-order valence-electron chi connectivity index (χ1n) is 6.31. The normalized spacial score (nSPS) is 33.7. The van der Waals surface area contributed by atoms with Crippen LogP contribution < -0.4 is 11.1 Å². The molecule has 1 fully saturated rings. The average Bonchev–Trinajstić information content (AvgIpc) is 2.29. The summed E-state index contributed by atoms with van der Waals surface area (Å²) < 4.78 is 0. The first-order valence-corrected chi connectivity index (χ1v) is 6.31. The van der Waals surface area contributed by atoms with Gasteiger partial charge in [-0.2, -0.15) is 0 Å². The van der Waals surface area contributed by atoms with Gasteiger partial charge in [0.2, 0.25) is 0 Å². The summed E-state index contributed by atoms with van der Waals surface area (Å²) in [5, 5.41) is 15.3. The van der Waals surface area contributed by atoms with E-state index in [0.717, 1.165) is 18.3 Å². The van der Waals surface area contributed by atoms with Crippen LogP contribution in [-0.2, 0) is 0 Å². The Morgan fingerprint density at radius 2 is 2.12 bits per heavy atom. The number of hydrogen-bond acceptors (Lipinski definition) is 3. The van der Waals surface area contributed by atoms with Crippen molar-refractivity contribution in [2.24, 2.45) is 22.7 Å². The standard InChI is InChI=1S/C12H25N3O/c1-4-11(12(13)15-16)14-10-6-5-8(2)9(3)7-10/h8-11,14,16H,4-7H2,1-3H3,(H2,13,15). The molecule has 4 N–H and O–H groups in total. The van der Waals surface area contributed by atoms with Gasteiger partial charge in [-0.1, -0.05) is 25.9 Å². The summed E-state index contributed by atoms with van der Waals surface area (Å²) in [6.45, 7) is 6.68. The Bertz CT molecular complexity index is 242. The highest BCUT2D eigenvalue weighted by molar-refractivity contribution is 5.85. The smallest absolute Gasteiger partial charge is 0.156 e. The highest BCUT2D eigenvalue weighted by atomic mass is 16.4. The van der Waals surface area contributed by atoms with Crippen molar-refractivity contribution in [3.05, 3.63) is 0 Å². The molecular formula is C12H25N3O. The van der Waals surface area contributed by atoms with Crippen molar-refractivity contribution in [1.29, 1.82) is 0 Å². The molecule has 0 aromatic carbocycles. The van der Waals surface area contributed by atoms with Gasteiger partial charge in [-0.05, 0) is 37.5 Å². The van der Waals surface area contributed by atoms with Gasteiger partial charge in [-0.15, -0.1) is 0 Å². The number of rotatable bonds is 4. The van der Waals surface area contributed by atoms with E-state index in [1.165, 1.54) is 19.3 Å². The number of nitrogens with zero attached hydrogens (tertiary/aromatic N) is 1. The summed E-state index contributed by atoms with van der Waals surface area (Å²) in [6, 6.07) is 0.520. The fourth-order valence-corrected chi connectivity index (χ4v) is 2.47. The van der Waals surface area contributed by atoms with Crippen LogP contribution >= 0.6 is 0 Å². The molecular weight excluding hydrogens is 202 g/mol. The molecule has 0 saturated heterocycles. The van der Waals surface area contributed by atoms with Gasteiger partial charge >= 0.3 is 0 Å². The first kappa shape index (κ1) is 13.3. The molecule has 1 aliphatic carbocycles. The third-order valence-corrected chi connectivity index (χ3v) is 3.92. The molecule has 4 heteroatoms. The molecule has 4 nitrogen and oxygen atoms in total. The van der Waals surface area contributed by atoms with Crippen LogP contribution in [0.5, 0.6) is 0 Å². The van der Waals surface area contributed by atoms with Gasteiger partial charge in [0.15, 0.2) is 5.84 Å². The number of hydrogen-bond donors (Lipinski definition) is 3. The van der Waals surface area contributed by atoms with Gasteiger partial charge in [0, 0.05) is 6.04 Å². The Hall–Kier alpha value is -0.770. The van der Waals surface area contributed by atoms with Crippen LogP contribution in [0.15, 0.2) is 5.16 Å². The lowest BCUT2D eigenvalue weighted by Crippen LogP contribution is -2.48. The van der Waals surface area contributed by atoms with E-state index in [2.05, 4.69) is 24.3 Å². The van der Waals surface area contributed by atoms with Crippen molar-refractivity contribution < 1.29 is 5.21 Å². The number of amidine groups is 1. The van der Waals surface area contributed by atoms with Gasteiger partial charge in [0.25, 0.3) is 0 Å². The van der Waals surface area contributed by atoms with E-state index in [9.17, 15) is 0 Å². The van der Waals surface area contributed by atoms with Crippen molar-refractivity contribution in [2.45, 2.75) is 58.5 Å². The molecule has 16 heavy (non-hydrogen) atoms. The van der Waals surface area contributed by atoms with Crippen LogP contribution in [-0.4, -0.2) is 23.1 Å². The zero-order valence-electron chi connectivity index (χ0n) is 10.6. The summed E-state index contributed by atoms with van der Waals surface area (Å²) in [4.78, 5) is 0. The molecule has 4 unspecified atom stereocenters. The summed E-state index contributed by atoms with van der Waals surface area (Å²) >= 11 is 0. The molecule has 0 aromatic heterocycles. The summed E-state index contributed by atoms with van der Waals surface area (Å²) in [6.07, 6.45) is 4.51. The zero-order valence-corrected chi connectivity index (χ0v) is 10.6. The second-order valence-electron chi connectivity index (χ2n) is 5.12. The fourth-order valence-electron chi connectivity index (χ4n) is 2.47. The molecule has 0 heterocycles. The van der Waals surface area contributed by atoms with Crippen LogP contribution in [0, 0.1) is 11.8 Å². The molecule has 0 aromatic rings. The highest BCUT2D eigenvalue weighted by Crippen LogP contribution is 2.29. The van der Waals surface area contributed by atoms with Crippen LogP contribution in [0.2, 0.25) is 0 Å². The Morgan fingerprint density at radius 1 is 1.44 bits per heavy atom. The molecule has 1 saturated carbocycles. The fraction of sp³-hybridized carbons (Fsp3) is 0.917. The SMILES string of the molecule is CCC(NC1CCC(C)C(C)C1)C(N)=NO. The topological polar surface area (TPSA) is 70.6 Å². The van der Waals surface area contributed by atoms with Gasteiger partial charge in [0.1, 0.15) is 0 Å². The van der Waals surface area contributed by atoms with E-state index >= 15 is 0 Å². The van der Waals surface area contributed by atoms with Crippen molar-refractivity contribution >= 4 is 5.84 Å². The van der Waals surface area contributed by atoms with Crippen LogP contribution in [0.4, 0.5) is 0 Å². The van der Waals surface area contributed by atoms with E-state index in [0.29, 0.717) is 11.9 Å². The van der Waals surface area contributed by atoms with Crippen LogP contribution in [0.25, 0.3) is 0 Å². The largest absolute Gasteiger partial charge is 0.409 e. The molecule has 0 aliphatic heterocycles. The van der Waals surface area contributed by atoms with Gasteiger partial charge in [0.05, 0.1) is 6.04 Å². The van der Waals surface area contributed by atoms with Crippen molar-refractivity contribution in [2.75, 3.05) is 0 Å². The van der Waals surface area contributed by atoms with E-state index in [4.69, 9.17) is 10.9 Å². The van der Waals surface area contributed by atoms with Gasteiger partial charge in [-0.3, -0.25) is 0 Å². The molecule has 1 aliphatic rings. The van der Waals surface area contributed by atoms with Crippen LogP contribution in [0.1, 0.15) is 46.5 Å². The minimum absolute atomic E-state index is 0.00982. The van der Waals surface area contributed by atoms with Crippen molar-refractivity contribution in [3.8, 4) is 0 Å². The molecule has 94 valence electrons. The Balaban J connectivity index is 2.47. The van der Waals surface area contributed by atoms with Gasteiger partial charge < -0.3 is 16.3 Å². The summed E-state index contributed by atoms with van der Waals surface area (Å²) in [7, 11) is 0. The number of nitrogens with two attached hydrogens (primary N) is 1. The van der Waals surface area contributed by atoms with Crippen molar-refractivity contribution in [3.63, 3.8) is 0 Å². The minimum atomic E-state index is 0.00982. The molecule has 4 atom stereocenters. The third kappa shape index (κ3) is 3.37. The summed E-state index contributed by atoms with van der Waals surface area (Å²) in [5.41, 5.74) is 5.64. The van der Waals surface area contributed by atoms with E-state index < -0.39 is 0 Å². The predicted molar refractivity (Wildman–Crippen MR) is 66.6 cm³/mol. The zero-order chi connectivity index (χ0) is 12.1. The Kier molecular flexibility index (Phi) is 5.06. The van der Waals surface area contributed by atoms with Crippen LogP contribution in [0.3, 0.4) is 0 Å². The van der Waals surface area contributed by atoms with Crippen molar-refractivity contribution in [1.82, 2.24) is 5.32 Å². The quantitative estimate of drug-likeness (QED) is 0.297. The van der Waals surface area contributed by atoms with E-state index in [1.54, 1.807) is 0 Å². The van der Waals surface area contributed by atoms with Gasteiger partial charge in [-0.25, -0.2) is 0 Å². The predicted octanol–water partition coefficient (Wildman–Crippen LogP) is 1.93. The number of oxime groups is 1. The Labute approximate surface area is 98.3 Å². The first-order chi connectivity index (χ1) is 7.58. The third-order valence-electron chi connectivity index (χ3n) is 3.92. The average molecular weight is 227 g/mol. The molecule has 0 radical (unpaired) electrons. The number of nitrogens with one attached hydrogen (secondary N) is 1. The lowest BCUT2D eigenvalue weighted by atomic mass is 9.79. The maximum atomic E-state index is 8.68.